The fourth-order valence-corrected chi connectivity index (χ4v) is 1.81. The number of rotatable bonds is 12. The summed E-state index contributed by atoms with van der Waals surface area (Å²) >= 11 is 0. The van der Waals surface area contributed by atoms with Crippen molar-refractivity contribution < 1.29 is 9.84 Å². The van der Waals surface area contributed by atoms with Crippen LogP contribution >= 0.6 is 0 Å². The minimum absolute atomic E-state index is 0.149. The first-order valence-electron chi connectivity index (χ1n) is 6.96. The summed E-state index contributed by atoms with van der Waals surface area (Å²) in [4.78, 5) is 0. The zero-order valence-electron chi connectivity index (χ0n) is 11.2. The summed E-state index contributed by atoms with van der Waals surface area (Å²) in [7, 11) is 0. The smallest absolute Gasteiger partial charge is 0.0697 e. The topological polar surface area (TPSA) is 29.5 Å². The maximum absolute atomic E-state index is 8.50. The van der Waals surface area contributed by atoms with Crippen LogP contribution in [-0.4, -0.2) is 24.9 Å². The highest BCUT2D eigenvalue weighted by Gasteiger charge is 1.95. The Morgan fingerprint density at radius 3 is 1.94 bits per heavy atom. The van der Waals surface area contributed by atoms with Crippen LogP contribution in [0.4, 0.5) is 0 Å². The van der Waals surface area contributed by atoms with Crippen molar-refractivity contribution in [3.8, 4) is 0 Å². The van der Waals surface area contributed by atoms with Gasteiger partial charge >= 0.3 is 0 Å². The molecule has 1 N–H and O–H groups in total. The van der Waals surface area contributed by atoms with Crippen LogP contribution in [-0.2, 0) is 4.74 Å². The largest absolute Gasteiger partial charge is 0.394 e. The number of hydrogen-bond donors (Lipinski definition) is 1. The minimum Gasteiger partial charge on any atom is -0.394 e. The fraction of sp³-hybridized carbons (Fsp3) is 1.00. The average molecular weight is 230 g/mol. The van der Waals surface area contributed by atoms with Gasteiger partial charge in [0.25, 0.3) is 0 Å². The molecule has 0 aliphatic rings. The maximum Gasteiger partial charge on any atom is 0.0697 e. The lowest BCUT2D eigenvalue weighted by atomic mass is 10.0. The average Bonchev–Trinajstić information content (AvgIpc) is 2.25. The van der Waals surface area contributed by atoms with Crippen molar-refractivity contribution >= 4 is 0 Å². The van der Waals surface area contributed by atoms with Gasteiger partial charge in [-0.25, -0.2) is 0 Å². The Morgan fingerprint density at radius 1 is 0.812 bits per heavy atom. The Morgan fingerprint density at radius 2 is 1.38 bits per heavy atom. The van der Waals surface area contributed by atoms with Crippen LogP contribution in [0.15, 0.2) is 0 Å². The molecule has 0 fully saturated rings. The van der Waals surface area contributed by atoms with Gasteiger partial charge in [-0.15, -0.1) is 0 Å². The highest BCUT2D eigenvalue weighted by Crippen LogP contribution is 2.11. The fourth-order valence-electron chi connectivity index (χ4n) is 1.81. The highest BCUT2D eigenvalue weighted by molar-refractivity contribution is 4.49. The molecule has 0 rings (SSSR count). The number of aliphatic hydroxyl groups is 1. The number of hydrogen-bond acceptors (Lipinski definition) is 2. The van der Waals surface area contributed by atoms with E-state index in [2.05, 4.69) is 13.8 Å². The molecule has 2 heteroatoms. The van der Waals surface area contributed by atoms with Crippen molar-refractivity contribution in [3.63, 3.8) is 0 Å². The summed E-state index contributed by atoms with van der Waals surface area (Å²) in [6.45, 7) is 6.05. The Hall–Kier alpha value is -0.0800. The standard InChI is InChI=1S/C14H30O2/c1-14(2)10-8-6-4-3-5-7-9-12-16-13-11-15/h14-15H,3-13H2,1-2H3. The van der Waals surface area contributed by atoms with Crippen LogP contribution in [0.5, 0.6) is 0 Å². The monoisotopic (exact) mass is 230 g/mol. The maximum atomic E-state index is 8.50. The van der Waals surface area contributed by atoms with Crippen molar-refractivity contribution in [1.29, 1.82) is 0 Å². The molecule has 0 aliphatic carbocycles. The van der Waals surface area contributed by atoms with E-state index in [-0.39, 0.29) is 6.61 Å². The van der Waals surface area contributed by atoms with Crippen LogP contribution < -0.4 is 0 Å². The molecule has 0 saturated carbocycles. The Labute approximate surface area is 101 Å². The van der Waals surface area contributed by atoms with E-state index < -0.39 is 0 Å². The lowest BCUT2D eigenvalue weighted by molar-refractivity contribution is 0.0895. The van der Waals surface area contributed by atoms with Crippen LogP contribution in [0.2, 0.25) is 0 Å². The van der Waals surface area contributed by atoms with Gasteiger partial charge in [-0.3, -0.25) is 0 Å². The number of ether oxygens (including phenoxy) is 1. The van der Waals surface area contributed by atoms with Gasteiger partial charge in [-0.1, -0.05) is 58.8 Å². The van der Waals surface area contributed by atoms with E-state index in [0.29, 0.717) is 6.61 Å². The third kappa shape index (κ3) is 13.9. The molecule has 98 valence electrons. The van der Waals surface area contributed by atoms with Crippen molar-refractivity contribution in [2.24, 2.45) is 5.92 Å². The van der Waals surface area contributed by atoms with Crippen molar-refractivity contribution in [3.05, 3.63) is 0 Å². The van der Waals surface area contributed by atoms with Gasteiger partial charge in [0.15, 0.2) is 0 Å². The second-order valence-electron chi connectivity index (χ2n) is 4.99. The first-order valence-corrected chi connectivity index (χ1v) is 6.96. The Bertz CT molecular complexity index is 124. The van der Waals surface area contributed by atoms with Gasteiger partial charge in [-0.2, -0.15) is 0 Å². The van der Waals surface area contributed by atoms with E-state index >= 15 is 0 Å². The third-order valence-corrected chi connectivity index (χ3v) is 2.81. The summed E-state index contributed by atoms with van der Waals surface area (Å²) in [6.07, 6.45) is 10.7. The van der Waals surface area contributed by atoms with E-state index in [0.717, 1.165) is 18.9 Å². The first kappa shape index (κ1) is 15.9. The lowest BCUT2D eigenvalue weighted by Crippen LogP contribution is -2.00. The summed E-state index contributed by atoms with van der Waals surface area (Å²) in [5.74, 6) is 0.865. The number of aliphatic hydroxyl groups excluding tert-OH is 1. The van der Waals surface area contributed by atoms with Crippen molar-refractivity contribution in [1.82, 2.24) is 0 Å². The molecule has 0 atom stereocenters. The molecule has 0 aromatic rings. The summed E-state index contributed by atoms with van der Waals surface area (Å²) in [6, 6.07) is 0. The first-order chi connectivity index (χ1) is 7.77. The predicted molar refractivity (Wildman–Crippen MR) is 69.7 cm³/mol. The SMILES string of the molecule is CC(C)CCCCCCCCCOCCO. The van der Waals surface area contributed by atoms with E-state index in [1.54, 1.807) is 0 Å². The van der Waals surface area contributed by atoms with E-state index in [1.807, 2.05) is 0 Å². The quantitative estimate of drug-likeness (QED) is 0.517. The Kier molecular flexibility index (Phi) is 12.9. The molecule has 0 aromatic carbocycles. The third-order valence-electron chi connectivity index (χ3n) is 2.81. The molecule has 0 heterocycles. The van der Waals surface area contributed by atoms with Crippen LogP contribution in [0.1, 0.15) is 65.2 Å². The molecular formula is C14H30O2. The molecule has 0 spiro atoms. The predicted octanol–water partition coefficient (Wildman–Crippen LogP) is 3.77. The molecule has 16 heavy (non-hydrogen) atoms. The molecule has 0 amide bonds. The van der Waals surface area contributed by atoms with Crippen LogP contribution in [0, 0.1) is 5.92 Å². The molecule has 0 saturated heterocycles. The van der Waals surface area contributed by atoms with E-state index in [9.17, 15) is 0 Å². The molecule has 0 aromatic heterocycles. The summed E-state index contributed by atoms with van der Waals surface area (Å²) in [5.41, 5.74) is 0. The molecular weight excluding hydrogens is 200 g/mol. The zero-order valence-corrected chi connectivity index (χ0v) is 11.2. The van der Waals surface area contributed by atoms with Gasteiger partial charge in [0.05, 0.1) is 13.2 Å². The second-order valence-corrected chi connectivity index (χ2v) is 4.99. The number of unbranched alkanes of at least 4 members (excludes halogenated alkanes) is 6. The van der Waals surface area contributed by atoms with E-state index in [1.165, 1.54) is 44.9 Å². The van der Waals surface area contributed by atoms with Crippen LogP contribution in [0.25, 0.3) is 0 Å². The van der Waals surface area contributed by atoms with Crippen molar-refractivity contribution in [2.45, 2.75) is 65.2 Å². The normalized spacial score (nSPS) is 11.2. The molecule has 0 aliphatic heterocycles. The van der Waals surface area contributed by atoms with Crippen molar-refractivity contribution in [2.75, 3.05) is 19.8 Å². The van der Waals surface area contributed by atoms with E-state index in [4.69, 9.17) is 9.84 Å². The van der Waals surface area contributed by atoms with Gasteiger partial charge in [0, 0.05) is 6.61 Å². The Balaban J connectivity index is 2.88. The molecule has 0 bridgehead atoms. The molecule has 0 radical (unpaired) electrons. The van der Waals surface area contributed by atoms with Crippen LogP contribution in [0.3, 0.4) is 0 Å². The zero-order chi connectivity index (χ0) is 12.1. The van der Waals surface area contributed by atoms with Gasteiger partial charge < -0.3 is 9.84 Å². The van der Waals surface area contributed by atoms with Gasteiger partial charge in [-0.05, 0) is 12.3 Å². The molecule has 2 nitrogen and oxygen atoms in total. The second kappa shape index (κ2) is 13.0. The lowest BCUT2D eigenvalue weighted by Gasteiger charge is -2.04. The minimum atomic E-state index is 0.149. The van der Waals surface area contributed by atoms with Gasteiger partial charge in [0.1, 0.15) is 0 Å². The highest BCUT2D eigenvalue weighted by atomic mass is 16.5. The summed E-state index contributed by atoms with van der Waals surface area (Å²) < 4.78 is 5.20. The molecule has 0 unspecified atom stereocenters. The summed E-state index contributed by atoms with van der Waals surface area (Å²) in [5, 5.41) is 8.50. The van der Waals surface area contributed by atoms with Gasteiger partial charge in [0.2, 0.25) is 0 Å².